The zero-order valence-corrected chi connectivity index (χ0v) is 31.5. The van der Waals surface area contributed by atoms with Crippen LogP contribution in [-0.2, 0) is 5.41 Å². The van der Waals surface area contributed by atoms with Gasteiger partial charge in [0.05, 0.1) is 16.8 Å². The second-order valence-electron chi connectivity index (χ2n) is 14.8. The molecule has 0 atom stereocenters. The Morgan fingerprint density at radius 2 is 0.965 bits per heavy atom. The molecule has 0 bridgehead atoms. The van der Waals surface area contributed by atoms with Gasteiger partial charge in [-0.25, -0.2) is 9.97 Å². The Bertz CT molecular complexity index is 3170. The summed E-state index contributed by atoms with van der Waals surface area (Å²) < 4.78 is 6.39. The fourth-order valence-corrected chi connectivity index (χ4v) is 10.4. The van der Waals surface area contributed by atoms with Crippen molar-refractivity contribution in [3.05, 3.63) is 216 Å². The van der Waals surface area contributed by atoms with Crippen LogP contribution in [0.2, 0.25) is 0 Å². The van der Waals surface area contributed by atoms with Crippen molar-refractivity contribution in [2.75, 3.05) is 0 Å². The number of para-hydroxylation sites is 2. The zero-order valence-electron chi connectivity index (χ0n) is 30.7. The molecule has 10 aromatic rings. The molecule has 12 rings (SSSR count). The third-order valence-corrected chi connectivity index (χ3v) is 12.9. The number of fused-ring (bicyclic) bond motifs is 12. The molecule has 1 spiro atoms. The summed E-state index contributed by atoms with van der Waals surface area (Å²) in [6, 6.07) is 69.5. The van der Waals surface area contributed by atoms with Gasteiger partial charge in [0, 0.05) is 42.8 Å². The standard InChI is InChI=1S/C53H32N2OS/c1-2-13-35(14-3-1)52-54-46(34-27-25-33(26-28-34)37-18-12-19-41-40-17-6-10-23-48(40)56-51(37)41)32-47(55-52)36-29-30-50-45(31-36)53(44-22-9-11-24-49(44)57-50)42-20-7-4-15-38(42)39-16-5-8-21-43(39)53/h1-32H. The maximum absolute atomic E-state index is 6.39. The molecule has 266 valence electrons. The summed E-state index contributed by atoms with van der Waals surface area (Å²) in [7, 11) is 0. The van der Waals surface area contributed by atoms with Gasteiger partial charge in [0.1, 0.15) is 11.2 Å². The third-order valence-electron chi connectivity index (χ3n) is 11.8. The molecule has 1 aliphatic carbocycles. The summed E-state index contributed by atoms with van der Waals surface area (Å²) in [6.07, 6.45) is 0. The highest BCUT2D eigenvalue weighted by atomic mass is 32.2. The number of hydrogen-bond donors (Lipinski definition) is 0. The first-order valence-corrected chi connectivity index (χ1v) is 20.1. The molecule has 3 nitrogen and oxygen atoms in total. The summed E-state index contributed by atoms with van der Waals surface area (Å²) in [5.74, 6) is 0.697. The lowest BCUT2D eigenvalue weighted by Crippen LogP contribution is -2.32. The Kier molecular flexibility index (Phi) is 7.08. The smallest absolute Gasteiger partial charge is 0.160 e. The van der Waals surface area contributed by atoms with Gasteiger partial charge >= 0.3 is 0 Å². The number of furan rings is 1. The van der Waals surface area contributed by atoms with Gasteiger partial charge in [0.15, 0.2) is 5.82 Å². The molecule has 57 heavy (non-hydrogen) atoms. The van der Waals surface area contributed by atoms with Crippen molar-refractivity contribution in [1.29, 1.82) is 0 Å². The van der Waals surface area contributed by atoms with Gasteiger partial charge in [0.2, 0.25) is 0 Å². The Morgan fingerprint density at radius 3 is 1.75 bits per heavy atom. The fraction of sp³-hybridized carbons (Fsp3) is 0.0189. The molecule has 0 radical (unpaired) electrons. The van der Waals surface area contributed by atoms with Crippen molar-refractivity contribution in [1.82, 2.24) is 9.97 Å². The van der Waals surface area contributed by atoms with Crippen LogP contribution in [0.3, 0.4) is 0 Å². The number of hydrogen-bond acceptors (Lipinski definition) is 4. The van der Waals surface area contributed by atoms with Gasteiger partial charge in [-0.3, -0.25) is 0 Å². The second kappa shape index (κ2) is 12.5. The molecule has 0 amide bonds. The van der Waals surface area contributed by atoms with Crippen LogP contribution in [0.5, 0.6) is 0 Å². The first-order valence-electron chi connectivity index (χ1n) is 19.3. The van der Waals surface area contributed by atoms with Gasteiger partial charge < -0.3 is 4.42 Å². The van der Waals surface area contributed by atoms with Crippen LogP contribution in [0, 0.1) is 0 Å². The first kappa shape index (κ1) is 32.3. The normalized spacial score (nSPS) is 13.3. The summed E-state index contributed by atoms with van der Waals surface area (Å²) in [5.41, 5.74) is 16.2. The molecule has 0 N–H and O–H groups in total. The van der Waals surface area contributed by atoms with E-state index in [1.54, 1.807) is 0 Å². The third kappa shape index (κ3) is 4.81. The lowest BCUT2D eigenvalue weighted by molar-refractivity contribution is 0.670. The van der Waals surface area contributed by atoms with Crippen LogP contribution < -0.4 is 0 Å². The Labute approximate surface area is 334 Å². The number of aromatic nitrogens is 2. The van der Waals surface area contributed by atoms with Gasteiger partial charge in [-0.2, -0.15) is 0 Å². The topological polar surface area (TPSA) is 38.9 Å². The molecule has 1 aliphatic heterocycles. The van der Waals surface area contributed by atoms with Crippen molar-refractivity contribution in [3.63, 3.8) is 0 Å². The molecular weight excluding hydrogens is 713 g/mol. The highest BCUT2D eigenvalue weighted by Crippen LogP contribution is 2.62. The van der Waals surface area contributed by atoms with Crippen LogP contribution in [-0.4, -0.2) is 9.97 Å². The second-order valence-corrected chi connectivity index (χ2v) is 15.9. The zero-order chi connectivity index (χ0) is 37.5. The predicted molar refractivity (Wildman–Crippen MR) is 232 cm³/mol. The van der Waals surface area contributed by atoms with E-state index < -0.39 is 5.41 Å². The van der Waals surface area contributed by atoms with Crippen molar-refractivity contribution in [2.24, 2.45) is 0 Å². The lowest BCUT2D eigenvalue weighted by atomic mass is 9.67. The molecule has 8 aromatic carbocycles. The maximum Gasteiger partial charge on any atom is 0.160 e. The molecule has 0 unspecified atom stereocenters. The van der Waals surface area contributed by atoms with Crippen LogP contribution in [0.1, 0.15) is 22.3 Å². The Balaban J connectivity index is 1.03. The van der Waals surface area contributed by atoms with Crippen LogP contribution in [0.4, 0.5) is 0 Å². The van der Waals surface area contributed by atoms with Crippen molar-refractivity contribution in [3.8, 4) is 56.2 Å². The average molecular weight is 745 g/mol. The molecule has 0 fully saturated rings. The molecule has 0 saturated carbocycles. The van der Waals surface area contributed by atoms with E-state index in [-0.39, 0.29) is 0 Å². The molecule has 4 heteroatoms. The van der Waals surface area contributed by atoms with Gasteiger partial charge in [-0.1, -0.05) is 176 Å². The highest BCUT2D eigenvalue weighted by molar-refractivity contribution is 7.99. The molecule has 2 aromatic heterocycles. The van der Waals surface area contributed by atoms with Crippen molar-refractivity contribution < 1.29 is 4.42 Å². The lowest BCUT2D eigenvalue weighted by Gasteiger charge is -2.39. The summed E-state index contributed by atoms with van der Waals surface area (Å²) >= 11 is 1.86. The van der Waals surface area contributed by atoms with Crippen LogP contribution >= 0.6 is 11.8 Å². The highest BCUT2D eigenvalue weighted by Gasteiger charge is 2.50. The van der Waals surface area contributed by atoms with Gasteiger partial charge in [-0.05, 0) is 69.3 Å². The minimum absolute atomic E-state index is 0.461. The van der Waals surface area contributed by atoms with E-state index in [9.17, 15) is 0 Å². The van der Waals surface area contributed by atoms with E-state index in [1.165, 1.54) is 43.2 Å². The first-order chi connectivity index (χ1) is 28.2. The minimum atomic E-state index is -0.461. The Hall–Kier alpha value is -7.01. The number of nitrogens with zero attached hydrogens (tertiary/aromatic N) is 2. The van der Waals surface area contributed by atoms with E-state index in [4.69, 9.17) is 14.4 Å². The quantitative estimate of drug-likeness (QED) is 0.180. The molecule has 2 aliphatic rings. The van der Waals surface area contributed by atoms with E-state index >= 15 is 0 Å². The molecule has 0 saturated heterocycles. The van der Waals surface area contributed by atoms with E-state index in [0.29, 0.717) is 5.82 Å². The minimum Gasteiger partial charge on any atom is -0.455 e. The van der Waals surface area contributed by atoms with Crippen LogP contribution in [0.15, 0.2) is 208 Å². The van der Waals surface area contributed by atoms with E-state index in [1.807, 2.05) is 42.1 Å². The summed E-state index contributed by atoms with van der Waals surface area (Å²) in [5, 5.41) is 2.25. The average Bonchev–Trinajstić information content (AvgIpc) is 3.81. The predicted octanol–water partition coefficient (Wildman–Crippen LogP) is 13.9. The van der Waals surface area contributed by atoms with E-state index in [2.05, 4.69) is 164 Å². The SMILES string of the molecule is c1ccc(-c2nc(-c3ccc(-c4cccc5c4oc4ccccc45)cc3)cc(-c3ccc4c(c3)C3(c5ccccc5S4)c4ccccc4-c4ccccc43)n2)cc1. The number of benzene rings is 8. The van der Waals surface area contributed by atoms with Crippen molar-refractivity contribution >= 4 is 33.7 Å². The molecule has 3 heterocycles. The van der Waals surface area contributed by atoms with Gasteiger partial charge in [-0.15, -0.1) is 0 Å². The Morgan fingerprint density at radius 1 is 0.386 bits per heavy atom. The fourth-order valence-electron chi connectivity index (χ4n) is 9.27. The maximum atomic E-state index is 6.39. The summed E-state index contributed by atoms with van der Waals surface area (Å²) in [4.78, 5) is 13.0. The largest absolute Gasteiger partial charge is 0.455 e. The van der Waals surface area contributed by atoms with Crippen molar-refractivity contribution in [2.45, 2.75) is 15.2 Å². The monoisotopic (exact) mass is 744 g/mol. The van der Waals surface area contributed by atoms with Crippen LogP contribution in [0.25, 0.3) is 78.1 Å². The van der Waals surface area contributed by atoms with Gasteiger partial charge in [0.25, 0.3) is 0 Å². The number of rotatable bonds is 4. The van der Waals surface area contributed by atoms with E-state index in [0.717, 1.165) is 61.1 Å². The summed E-state index contributed by atoms with van der Waals surface area (Å²) in [6.45, 7) is 0. The molecular formula is C53H32N2OS.